The predicted octanol–water partition coefficient (Wildman–Crippen LogP) is 3.30. The van der Waals surface area contributed by atoms with Gasteiger partial charge in [0.1, 0.15) is 0 Å². The molecule has 0 aliphatic carbocycles. The first-order valence-electron chi connectivity index (χ1n) is 6.37. The Morgan fingerprint density at radius 2 is 1.89 bits per heavy atom. The number of nitrogen functional groups attached to an aromatic ring is 1. The minimum absolute atomic E-state index is 0.480. The highest BCUT2D eigenvalue weighted by Crippen LogP contribution is 2.28. The number of rotatable bonds is 3. The van der Waals surface area contributed by atoms with Gasteiger partial charge in [0.15, 0.2) is 0 Å². The van der Waals surface area contributed by atoms with Gasteiger partial charge in [-0.25, -0.2) is 0 Å². The molecule has 0 radical (unpaired) electrons. The fourth-order valence-corrected chi connectivity index (χ4v) is 2.12. The molecule has 2 rings (SSSR count). The fraction of sp³-hybridized carbons (Fsp3) is 0.400. The largest absolute Gasteiger partial charge is 0.399 e. The molecule has 18 heavy (non-hydrogen) atoms. The highest BCUT2D eigenvalue weighted by Gasteiger charge is 2.15. The second kappa shape index (κ2) is 4.84. The average molecular weight is 243 g/mol. The van der Waals surface area contributed by atoms with Crippen LogP contribution in [0, 0.1) is 5.92 Å². The van der Waals surface area contributed by atoms with Gasteiger partial charge in [-0.15, -0.1) is 0 Å². The molecule has 0 aliphatic heterocycles. The smallest absolute Gasteiger partial charge is 0.0743 e. The van der Waals surface area contributed by atoms with Crippen molar-refractivity contribution in [1.29, 1.82) is 0 Å². The van der Waals surface area contributed by atoms with Crippen LogP contribution < -0.4 is 10.6 Å². The molecule has 0 amide bonds. The van der Waals surface area contributed by atoms with Crippen LogP contribution in [-0.2, 0) is 0 Å². The Kier molecular flexibility index (Phi) is 3.41. The molecule has 3 heteroatoms. The molecule has 1 atom stereocenters. The van der Waals surface area contributed by atoms with E-state index in [-0.39, 0.29) is 0 Å². The molecule has 96 valence electrons. The van der Waals surface area contributed by atoms with Crippen LogP contribution in [0.1, 0.15) is 20.8 Å². The van der Waals surface area contributed by atoms with Crippen molar-refractivity contribution in [2.45, 2.75) is 26.8 Å². The third-order valence-corrected chi connectivity index (χ3v) is 3.70. The van der Waals surface area contributed by atoms with E-state index in [1.165, 1.54) is 5.69 Å². The Bertz CT molecular complexity index is 548. The molecule has 1 aromatic heterocycles. The number of hydrogen-bond donors (Lipinski definition) is 1. The number of nitrogens with zero attached hydrogens (tertiary/aromatic N) is 2. The number of pyridine rings is 1. The molecule has 1 aromatic carbocycles. The molecule has 0 bridgehead atoms. The Morgan fingerprint density at radius 1 is 1.17 bits per heavy atom. The van der Waals surface area contributed by atoms with E-state index in [2.05, 4.69) is 49.8 Å². The molecule has 3 nitrogen and oxygen atoms in total. The van der Waals surface area contributed by atoms with E-state index in [9.17, 15) is 0 Å². The summed E-state index contributed by atoms with van der Waals surface area (Å²) in [4.78, 5) is 6.69. The van der Waals surface area contributed by atoms with Gasteiger partial charge in [-0.2, -0.15) is 0 Å². The molecule has 0 saturated carbocycles. The summed E-state index contributed by atoms with van der Waals surface area (Å²) in [6, 6.07) is 8.45. The standard InChI is InChI=1S/C15H21N3/c1-10(2)11(3)18(4)15-7-8-17-14-9-12(16)5-6-13(14)15/h5-11H,16H2,1-4H3. The van der Waals surface area contributed by atoms with Crippen molar-refractivity contribution < 1.29 is 0 Å². The van der Waals surface area contributed by atoms with Gasteiger partial charge in [0.25, 0.3) is 0 Å². The fourth-order valence-electron chi connectivity index (χ4n) is 2.12. The number of anilines is 2. The molecule has 1 heterocycles. The normalized spacial score (nSPS) is 12.9. The van der Waals surface area contributed by atoms with E-state index in [0.29, 0.717) is 12.0 Å². The lowest BCUT2D eigenvalue weighted by molar-refractivity contribution is 0.506. The summed E-state index contributed by atoms with van der Waals surface area (Å²) in [5.74, 6) is 0.604. The minimum atomic E-state index is 0.480. The first-order chi connectivity index (χ1) is 8.50. The quantitative estimate of drug-likeness (QED) is 0.841. The van der Waals surface area contributed by atoms with Gasteiger partial charge in [0.05, 0.1) is 5.52 Å². The Balaban J connectivity index is 2.51. The second-order valence-corrected chi connectivity index (χ2v) is 5.20. The number of hydrogen-bond acceptors (Lipinski definition) is 3. The van der Waals surface area contributed by atoms with Crippen LogP contribution in [0.4, 0.5) is 11.4 Å². The number of fused-ring (bicyclic) bond motifs is 1. The van der Waals surface area contributed by atoms with Crippen molar-refractivity contribution in [3.8, 4) is 0 Å². The first kappa shape index (κ1) is 12.7. The third kappa shape index (κ3) is 2.26. The van der Waals surface area contributed by atoms with Gasteiger partial charge in [0.2, 0.25) is 0 Å². The molecular weight excluding hydrogens is 222 g/mol. The van der Waals surface area contributed by atoms with Gasteiger partial charge in [0, 0.05) is 36.0 Å². The van der Waals surface area contributed by atoms with E-state index < -0.39 is 0 Å². The van der Waals surface area contributed by atoms with E-state index in [1.54, 1.807) is 0 Å². The summed E-state index contributed by atoms with van der Waals surface area (Å²) in [7, 11) is 2.13. The Morgan fingerprint density at radius 3 is 2.56 bits per heavy atom. The monoisotopic (exact) mass is 243 g/mol. The predicted molar refractivity (Wildman–Crippen MR) is 78.9 cm³/mol. The van der Waals surface area contributed by atoms with Crippen molar-refractivity contribution in [2.75, 3.05) is 17.7 Å². The van der Waals surface area contributed by atoms with Crippen LogP contribution in [0.3, 0.4) is 0 Å². The van der Waals surface area contributed by atoms with E-state index in [1.807, 2.05) is 18.3 Å². The first-order valence-corrected chi connectivity index (χ1v) is 6.37. The molecule has 1 unspecified atom stereocenters. The van der Waals surface area contributed by atoms with E-state index in [0.717, 1.165) is 16.6 Å². The van der Waals surface area contributed by atoms with Crippen molar-refractivity contribution in [1.82, 2.24) is 4.98 Å². The lowest BCUT2D eigenvalue weighted by atomic mass is 10.0. The average Bonchev–Trinajstić information content (AvgIpc) is 2.35. The Labute approximate surface area is 109 Å². The molecular formula is C15H21N3. The van der Waals surface area contributed by atoms with E-state index >= 15 is 0 Å². The maximum Gasteiger partial charge on any atom is 0.0743 e. The maximum atomic E-state index is 5.80. The molecule has 2 N–H and O–H groups in total. The van der Waals surface area contributed by atoms with Crippen molar-refractivity contribution >= 4 is 22.3 Å². The number of aromatic nitrogens is 1. The van der Waals surface area contributed by atoms with Crippen molar-refractivity contribution in [2.24, 2.45) is 5.92 Å². The van der Waals surface area contributed by atoms with Crippen molar-refractivity contribution in [3.63, 3.8) is 0 Å². The third-order valence-electron chi connectivity index (χ3n) is 3.70. The van der Waals surface area contributed by atoms with Gasteiger partial charge in [-0.1, -0.05) is 13.8 Å². The zero-order valence-electron chi connectivity index (χ0n) is 11.5. The van der Waals surface area contributed by atoms with Crippen LogP contribution >= 0.6 is 0 Å². The summed E-state index contributed by atoms with van der Waals surface area (Å²) in [5.41, 5.74) is 8.72. The van der Waals surface area contributed by atoms with Crippen LogP contribution in [0.2, 0.25) is 0 Å². The lowest BCUT2D eigenvalue weighted by Gasteiger charge is -2.30. The molecule has 0 fully saturated rings. The highest BCUT2D eigenvalue weighted by molar-refractivity contribution is 5.93. The Hall–Kier alpha value is -1.77. The maximum absolute atomic E-state index is 5.80. The van der Waals surface area contributed by atoms with Crippen LogP contribution in [-0.4, -0.2) is 18.1 Å². The lowest BCUT2D eigenvalue weighted by Crippen LogP contribution is -2.33. The van der Waals surface area contributed by atoms with Crippen LogP contribution in [0.5, 0.6) is 0 Å². The second-order valence-electron chi connectivity index (χ2n) is 5.20. The van der Waals surface area contributed by atoms with Gasteiger partial charge in [-0.05, 0) is 37.1 Å². The topological polar surface area (TPSA) is 42.2 Å². The highest BCUT2D eigenvalue weighted by atomic mass is 15.1. The van der Waals surface area contributed by atoms with Gasteiger partial charge < -0.3 is 10.6 Å². The van der Waals surface area contributed by atoms with Gasteiger partial charge >= 0.3 is 0 Å². The summed E-state index contributed by atoms with van der Waals surface area (Å²) in [6.45, 7) is 6.72. The van der Waals surface area contributed by atoms with Crippen LogP contribution in [0.25, 0.3) is 10.9 Å². The van der Waals surface area contributed by atoms with E-state index in [4.69, 9.17) is 5.73 Å². The summed E-state index contributed by atoms with van der Waals surface area (Å²) in [5, 5.41) is 1.15. The van der Waals surface area contributed by atoms with Crippen LogP contribution in [0.15, 0.2) is 30.5 Å². The SMILES string of the molecule is CC(C)C(C)N(C)c1ccnc2cc(N)ccc12. The van der Waals surface area contributed by atoms with Gasteiger partial charge in [-0.3, -0.25) is 4.98 Å². The summed E-state index contributed by atoms with van der Waals surface area (Å²) >= 11 is 0. The molecule has 0 saturated heterocycles. The molecule has 0 aliphatic rings. The number of benzene rings is 1. The van der Waals surface area contributed by atoms with Crippen molar-refractivity contribution in [3.05, 3.63) is 30.5 Å². The zero-order chi connectivity index (χ0) is 13.3. The minimum Gasteiger partial charge on any atom is -0.399 e. The summed E-state index contributed by atoms with van der Waals surface area (Å²) < 4.78 is 0. The number of nitrogens with two attached hydrogens (primary N) is 1. The molecule has 2 aromatic rings. The molecule has 0 spiro atoms. The summed E-state index contributed by atoms with van der Waals surface area (Å²) in [6.07, 6.45) is 1.85. The zero-order valence-corrected chi connectivity index (χ0v) is 11.5.